The zero-order valence-electron chi connectivity index (χ0n) is 14.2. The predicted molar refractivity (Wildman–Crippen MR) is 107 cm³/mol. The highest BCUT2D eigenvalue weighted by Crippen LogP contribution is 2.33. The summed E-state index contributed by atoms with van der Waals surface area (Å²) in [5.74, 6) is 0.413. The molecule has 1 aliphatic carbocycles. The highest BCUT2D eigenvalue weighted by atomic mass is 35.5. The Kier molecular flexibility index (Phi) is 5.76. The smallest absolute Gasteiger partial charge is 0.255 e. The first kappa shape index (κ1) is 18.6. The number of rotatable bonds is 6. The van der Waals surface area contributed by atoms with Crippen LogP contribution >= 0.6 is 23.7 Å². The first-order valence-corrected chi connectivity index (χ1v) is 9.34. The molecule has 3 N–H and O–H groups in total. The summed E-state index contributed by atoms with van der Waals surface area (Å²) in [5, 5.41) is 9.76. The molecule has 1 aromatic carbocycles. The molecule has 1 atom stereocenters. The molecule has 1 amide bonds. The molecule has 1 saturated carbocycles. The molecule has 4 rings (SSSR count). The van der Waals surface area contributed by atoms with Gasteiger partial charge in [0.25, 0.3) is 5.91 Å². The molecule has 0 spiro atoms. The number of thiophene rings is 1. The maximum Gasteiger partial charge on any atom is 0.255 e. The lowest BCUT2D eigenvalue weighted by atomic mass is 10.1. The summed E-state index contributed by atoms with van der Waals surface area (Å²) >= 11 is 1.58. The van der Waals surface area contributed by atoms with Crippen molar-refractivity contribution in [2.75, 3.05) is 6.54 Å². The topological polar surface area (TPSA) is 72.9 Å². The molecule has 0 aliphatic heterocycles. The molecule has 5 nitrogen and oxygen atoms in total. The van der Waals surface area contributed by atoms with E-state index in [1.54, 1.807) is 22.2 Å². The SMILES string of the molecule is Cl.NCC(NC(=O)c1cn(-c2ccccc2)nc1-c1cccs1)C1CC1. The van der Waals surface area contributed by atoms with Gasteiger partial charge in [0.2, 0.25) is 0 Å². The lowest BCUT2D eigenvalue weighted by molar-refractivity contribution is 0.0934. The van der Waals surface area contributed by atoms with Crippen LogP contribution in [0.5, 0.6) is 0 Å². The van der Waals surface area contributed by atoms with Crippen LogP contribution in [0.25, 0.3) is 16.3 Å². The number of carbonyl (C=O) groups excluding carboxylic acids is 1. The van der Waals surface area contributed by atoms with Gasteiger partial charge in [-0.2, -0.15) is 5.10 Å². The van der Waals surface area contributed by atoms with Crippen molar-refractivity contribution in [1.82, 2.24) is 15.1 Å². The molecule has 2 aromatic heterocycles. The Bertz CT molecular complexity index is 859. The van der Waals surface area contributed by atoms with E-state index in [0.717, 1.165) is 23.4 Å². The van der Waals surface area contributed by atoms with Crippen LogP contribution in [0.2, 0.25) is 0 Å². The van der Waals surface area contributed by atoms with Gasteiger partial charge in [-0.15, -0.1) is 23.7 Å². The Morgan fingerprint density at radius 1 is 1.27 bits per heavy atom. The summed E-state index contributed by atoms with van der Waals surface area (Å²) in [6.07, 6.45) is 4.09. The number of nitrogens with two attached hydrogens (primary N) is 1. The minimum atomic E-state index is -0.104. The Balaban J connectivity index is 0.00000196. The van der Waals surface area contributed by atoms with E-state index in [0.29, 0.717) is 23.7 Å². The number of carbonyl (C=O) groups is 1. The van der Waals surface area contributed by atoms with Crippen molar-refractivity contribution < 1.29 is 4.79 Å². The van der Waals surface area contributed by atoms with Crippen LogP contribution in [0.15, 0.2) is 54.0 Å². The predicted octanol–water partition coefficient (Wildman–Crippen LogP) is 3.49. The minimum Gasteiger partial charge on any atom is -0.348 e. The van der Waals surface area contributed by atoms with Gasteiger partial charge in [0.1, 0.15) is 5.69 Å². The first-order valence-electron chi connectivity index (χ1n) is 8.46. The highest BCUT2D eigenvalue weighted by Gasteiger charge is 2.32. The van der Waals surface area contributed by atoms with Crippen molar-refractivity contribution in [1.29, 1.82) is 0 Å². The van der Waals surface area contributed by atoms with Crippen LogP contribution in [-0.2, 0) is 0 Å². The number of hydrogen-bond donors (Lipinski definition) is 2. The van der Waals surface area contributed by atoms with E-state index in [-0.39, 0.29) is 24.4 Å². The Hall–Kier alpha value is -2.15. The zero-order valence-corrected chi connectivity index (χ0v) is 15.8. The lowest BCUT2D eigenvalue weighted by Crippen LogP contribution is -2.41. The van der Waals surface area contributed by atoms with Crippen molar-refractivity contribution in [2.45, 2.75) is 18.9 Å². The number of nitrogens with one attached hydrogen (secondary N) is 1. The third-order valence-corrected chi connectivity index (χ3v) is 5.37. The second-order valence-electron chi connectivity index (χ2n) is 6.30. The van der Waals surface area contributed by atoms with Crippen LogP contribution in [0.1, 0.15) is 23.2 Å². The third-order valence-electron chi connectivity index (χ3n) is 4.50. The number of para-hydroxylation sites is 1. The van der Waals surface area contributed by atoms with Crippen molar-refractivity contribution in [3.05, 3.63) is 59.6 Å². The van der Waals surface area contributed by atoms with Gasteiger partial charge in [-0.05, 0) is 42.3 Å². The second-order valence-corrected chi connectivity index (χ2v) is 7.25. The highest BCUT2D eigenvalue weighted by molar-refractivity contribution is 7.13. The fraction of sp³-hybridized carbons (Fsp3) is 0.263. The minimum absolute atomic E-state index is 0. The van der Waals surface area contributed by atoms with Crippen LogP contribution in [0.4, 0.5) is 0 Å². The second kappa shape index (κ2) is 8.03. The normalized spacial score (nSPS) is 14.5. The quantitative estimate of drug-likeness (QED) is 0.678. The largest absolute Gasteiger partial charge is 0.348 e. The van der Waals surface area contributed by atoms with Gasteiger partial charge < -0.3 is 11.1 Å². The third kappa shape index (κ3) is 3.82. The molecule has 1 fully saturated rings. The van der Waals surface area contributed by atoms with Gasteiger partial charge >= 0.3 is 0 Å². The summed E-state index contributed by atoms with van der Waals surface area (Å²) < 4.78 is 1.76. The van der Waals surface area contributed by atoms with Crippen molar-refractivity contribution >= 4 is 29.7 Å². The van der Waals surface area contributed by atoms with E-state index in [1.165, 1.54) is 0 Å². The van der Waals surface area contributed by atoms with Crippen LogP contribution < -0.4 is 11.1 Å². The average molecular weight is 389 g/mol. The molecular weight excluding hydrogens is 368 g/mol. The van der Waals surface area contributed by atoms with Crippen molar-refractivity contribution in [3.63, 3.8) is 0 Å². The van der Waals surface area contributed by atoms with Crippen LogP contribution in [0, 0.1) is 5.92 Å². The van der Waals surface area contributed by atoms with Gasteiger partial charge in [-0.1, -0.05) is 24.3 Å². The molecule has 0 saturated heterocycles. The van der Waals surface area contributed by atoms with Crippen molar-refractivity contribution in [2.24, 2.45) is 11.7 Å². The summed E-state index contributed by atoms with van der Waals surface area (Å²) in [6.45, 7) is 0.470. The molecule has 2 heterocycles. The van der Waals surface area contributed by atoms with Crippen LogP contribution in [0.3, 0.4) is 0 Å². The maximum atomic E-state index is 12.9. The average Bonchev–Trinajstić information content (AvgIpc) is 3.17. The molecule has 0 bridgehead atoms. The summed E-state index contributed by atoms with van der Waals surface area (Å²) in [5.41, 5.74) is 8.06. The Morgan fingerprint density at radius 3 is 2.65 bits per heavy atom. The number of benzene rings is 1. The van der Waals surface area contributed by atoms with E-state index in [9.17, 15) is 4.79 Å². The number of hydrogen-bond acceptors (Lipinski definition) is 4. The molecular formula is C19H21ClN4OS. The number of aromatic nitrogens is 2. The van der Waals surface area contributed by atoms with Gasteiger partial charge in [0.15, 0.2) is 0 Å². The fourth-order valence-corrected chi connectivity index (χ4v) is 3.69. The summed E-state index contributed by atoms with van der Waals surface area (Å²) in [6, 6.07) is 13.8. The van der Waals surface area contributed by atoms with Crippen molar-refractivity contribution in [3.8, 4) is 16.3 Å². The zero-order chi connectivity index (χ0) is 17.2. The molecule has 1 aliphatic rings. The first-order chi connectivity index (χ1) is 12.3. The van der Waals surface area contributed by atoms with E-state index in [1.807, 2.05) is 47.8 Å². The number of nitrogens with zero attached hydrogens (tertiary/aromatic N) is 2. The van der Waals surface area contributed by atoms with Gasteiger partial charge in [-0.3, -0.25) is 4.79 Å². The Morgan fingerprint density at radius 2 is 2.04 bits per heavy atom. The molecule has 1 unspecified atom stereocenters. The van der Waals surface area contributed by atoms with E-state index in [4.69, 9.17) is 5.73 Å². The van der Waals surface area contributed by atoms with Gasteiger partial charge in [-0.25, -0.2) is 4.68 Å². The Labute approximate surface area is 162 Å². The number of amides is 1. The summed E-state index contributed by atoms with van der Waals surface area (Å²) in [4.78, 5) is 13.9. The monoisotopic (exact) mass is 388 g/mol. The van der Waals surface area contributed by atoms with E-state index < -0.39 is 0 Å². The fourth-order valence-electron chi connectivity index (χ4n) is 2.96. The van der Waals surface area contributed by atoms with E-state index >= 15 is 0 Å². The lowest BCUT2D eigenvalue weighted by Gasteiger charge is -2.15. The number of halogens is 1. The molecule has 0 radical (unpaired) electrons. The van der Waals surface area contributed by atoms with E-state index in [2.05, 4.69) is 10.4 Å². The molecule has 26 heavy (non-hydrogen) atoms. The molecule has 7 heteroatoms. The molecule has 3 aromatic rings. The van der Waals surface area contributed by atoms with Crippen LogP contribution in [-0.4, -0.2) is 28.3 Å². The van der Waals surface area contributed by atoms with Gasteiger partial charge in [0, 0.05) is 18.8 Å². The molecule has 136 valence electrons. The standard InChI is InChI=1S/C19H20N4OS.ClH/c20-11-16(13-8-9-13)21-19(24)15-12-23(14-5-2-1-3-6-14)22-18(15)17-7-4-10-25-17;/h1-7,10,12-13,16H,8-9,11,20H2,(H,21,24);1H. The van der Waals surface area contributed by atoms with Gasteiger partial charge in [0.05, 0.1) is 16.1 Å². The maximum absolute atomic E-state index is 12.9. The summed E-state index contributed by atoms with van der Waals surface area (Å²) in [7, 11) is 0.